The molecule has 0 aliphatic carbocycles. The van der Waals surface area contributed by atoms with Crippen molar-refractivity contribution in [2.75, 3.05) is 57.3 Å². The Morgan fingerprint density at radius 3 is 2.28 bits per heavy atom. The van der Waals surface area contributed by atoms with Gasteiger partial charge in [0.2, 0.25) is 11.8 Å². The van der Waals surface area contributed by atoms with E-state index in [0.717, 1.165) is 51.7 Å². The molecule has 0 aromatic heterocycles. The van der Waals surface area contributed by atoms with E-state index in [2.05, 4.69) is 4.90 Å². The van der Waals surface area contributed by atoms with Crippen LogP contribution < -0.4 is 4.90 Å². The Labute approximate surface area is 172 Å². The molecule has 3 fully saturated rings. The molecule has 3 aliphatic heterocycles. The summed E-state index contributed by atoms with van der Waals surface area (Å²) in [5.74, 6) is 0.0718. The lowest BCUT2D eigenvalue weighted by molar-refractivity contribution is -0.140. The number of carbonyl (C=O) groups is 2. The van der Waals surface area contributed by atoms with Crippen LogP contribution in [-0.4, -0.2) is 84.9 Å². The topological polar surface area (TPSA) is 47.1 Å². The number of piperazine rings is 1. The average molecular weight is 403 g/mol. The highest BCUT2D eigenvalue weighted by Gasteiger charge is 2.35. The third kappa shape index (κ3) is 4.55. The number of rotatable bonds is 4. The van der Waals surface area contributed by atoms with Gasteiger partial charge in [-0.25, -0.2) is 4.39 Å². The number of nitrogens with zero attached hydrogens (tertiary/aromatic N) is 4. The van der Waals surface area contributed by atoms with Crippen molar-refractivity contribution in [3.63, 3.8) is 0 Å². The normalized spacial score (nSPS) is 23.5. The summed E-state index contributed by atoms with van der Waals surface area (Å²) in [6.45, 7) is 5.27. The molecule has 158 valence electrons. The highest BCUT2D eigenvalue weighted by atomic mass is 19.1. The molecule has 1 unspecified atom stereocenters. The van der Waals surface area contributed by atoms with Gasteiger partial charge in [0.15, 0.2) is 0 Å². The third-order valence-corrected chi connectivity index (χ3v) is 6.48. The highest BCUT2D eigenvalue weighted by molar-refractivity contribution is 5.84. The van der Waals surface area contributed by atoms with Crippen LogP contribution in [0.5, 0.6) is 0 Å². The number of para-hydroxylation sites is 1. The van der Waals surface area contributed by atoms with Crippen molar-refractivity contribution in [2.45, 2.75) is 38.1 Å². The van der Waals surface area contributed by atoms with Crippen LogP contribution in [0.25, 0.3) is 0 Å². The van der Waals surface area contributed by atoms with E-state index in [0.29, 0.717) is 38.4 Å². The molecular formula is C22H31FN4O2. The lowest BCUT2D eigenvalue weighted by Crippen LogP contribution is -2.55. The summed E-state index contributed by atoms with van der Waals surface area (Å²) in [5, 5.41) is 0. The van der Waals surface area contributed by atoms with E-state index >= 15 is 0 Å². The Morgan fingerprint density at radius 2 is 1.55 bits per heavy atom. The van der Waals surface area contributed by atoms with Crippen LogP contribution >= 0.6 is 0 Å². The van der Waals surface area contributed by atoms with Gasteiger partial charge in [0.05, 0.1) is 18.3 Å². The van der Waals surface area contributed by atoms with E-state index in [1.807, 2.05) is 20.8 Å². The van der Waals surface area contributed by atoms with Gasteiger partial charge in [-0.05, 0) is 44.4 Å². The van der Waals surface area contributed by atoms with Crippen LogP contribution in [0.1, 0.15) is 32.1 Å². The van der Waals surface area contributed by atoms with Crippen molar-refractivity contribution in [2.24, 2.45) is 0 Å². The Morgan fingerprint density at radius 1 is 0.862 bits per heavy atom. The minimum absolute atomic E-state index is 0.0827. The number of carbonyl (C=O) groups excluding carboxylic acids is 2. The molecule has 7 heteroatoms. The monoisotopic (exact) mass is 402 g/mol. The number of benzene rings is 1. The molecule has 6 nitrogen and oxygen atoms in total. The van der Waals surface area contributed by atoms with E-state index < -0.39 is 0 Å². The van der Waals surface area contributed by atoms with Crippen LogP contribution in [0.4, 0.5) is 10.1 Å². The molecule has 29 heavy (non-hydrogen) atoms. The van der Waals surface area contributed by atoms with Crippen molar-refractivity contribution >= 4 is 17.5 Å². The minimum Gasteiger partial charge on any atom is -0.366 e. The first-order valence-corrected chi connectivity index (χ1v) is 10.9. The molecule has 0 spiro atoms. The quantitative estimate of drug-likeness (QED) is 0.773. The van der Waals surface area contributed by atoms with Crippen LogP contribution in [0.15, 0.2) is 24.3 Å². The van der Waals surface area contributed by atoms with Crippen molar-refractivity contribution in [1.29, 1.82) is 0 Å². The van der Waals surface area contributed by atoms with E-state index in [1.54, 1.807) is 12.1 Å². The fourth-order valence-corrected chi connectivity index (χ4v) is 4.79. The summed E-state index contributed by atoms with van der Waals surface area (Å²) in [7, 11) is 0. The number of halogens is 1. The number of likely N-dealkylation sites (tertiary alicyclic amines) is 2. The zero-order valence-corrected chi connectivity index (χ0v) is 17.1. The second-order valence-electron chi connectivity index (χ2n) is 8.33. The lowest BCUT2D eigenvalue weighted by Gasteiger charge is -2.39. The van der Waals surface area contributed by atoms with E-state index in [9.17, 15) is 14.0 Å². The number of hydrogen-bond donors (Lipinski definition) is 0. The Hall–Kier alpha value is -2.15. The molecule has 3 heterocycles. The molecule has 0 radical (unpaired) electrons. The molecule has 2 amide bonds. The Bertz CT molecular complexity index is 729. The molecule has 3 aliphatic rings. The molecule has 1 aromatic carbocycles. The third-order valence-electron chi connectivity index (χ3n) is 6.48. The number of amides is 2. The Balaban J connectivity index is 1.32. The summed E-state index contributed by atoms with van der Waals surface area (Å²) in [4.78, 5) is 33.8. The summed E-state index contributed by atoms with van der Waals surface area (Å²) in [6.07, 6.45) is 5.12. The van der Waals surface area contributed by atoms with Gasteiger partial charge >= 0.3 is 0 Å². The van der Waals surface area contributed by atoms with Crippen LogP contribution in [-0.2, 0) is 9.59 Å². The second-order valence-corrected chi connectivity index (χ2v) is 8.33. The van der Waals surface area contributed by atoms with Gasteiger partial charge in [-0.15, -0.1) is 0 Å². The zero-order valence-electron chi connectivity index (χ0n) is 17.1. The van der Waals surface area contributed by atoms with E-state index in [4.69, 9.17) is 0 Å². The maximum Gasteiger partial charge on any atom is 0.239 e. The smallest absolute Gasteiger partial charge is 0.239 e. The minimum atomic E-state index is -0.219. The van der Waals surface area contributed by atoms with Gasteiger partial charge in [-0.2, -0.15) is 0 Å². The zero-order chi connectivity index (χ0) is 20.2. The molecule has 0 saturated carbocycles. The van der Waals surface area contributed by atoms with Crippen molar-refractivity contribution in [3.8, 4) is 0 Å². The van der Waals surface area contributed by atoms with Gasteiger partial charge in [-0.1, -0.05) is 18.6 Å². The van der Waals surface area contributed by atoms with Crippen LogP contribution in [0.3, 0.4) is 0 Å². The van der Waals surface area contributed by atoms with Gasteiger partial charge in [-0.3, -0.25) is 14.5 Å². The first kappa shape index (κ1) is 20.1. The first-order chi connectivity index (χ1) is 14.1. The second kappa shape index (κ2) is 9.11. The SMILES string of the molecule is O=C(CN1CCCCC1C(=O)N1CCCC1)N1CCN(c2ccccc2F)CC1. The lowest BCUT2D eigenvalue weighted by atomic mass is 10.0. The van der Waals surface area contributed by atoms with Gasteiger partial charge in [0, 0.05) is 39.3 Å². The van der Waals surface area contributed by atoms with Crippen molar-refractivity contribution < 1.29 is 14.0 Å². The number of piperidine rings is 1. The largest absolute Gasteiger partial charge is 0.366 e. The number of hydrogen-bond acceptors (Lipinski definition) is 4. The Kier molecular flexibility index (Phi) is 6.33. The summed E-state index contributed by atoms with van der Waals surface area (Å²) in [6, 6.07) is 6.64. The summed E-state index contributed by atoms with van der Waals surface area (Å²) in [5.41, 5.74) is 0.604. The van der Waals surface area contributed by atoms with E-state index in [-0.39, 0.29) is 23.7 Å². The van der Waals surface area contributed by atoms with Gasteiger partial charge < -0.3 is 14.7 Å². The fraction of sp³-hybridized carbons (Fsp3) is 0.636. The molecule has 0 N–H and O–H groups in total. The average Bonchev–Trinajstić information content (AvgIpc) is 3.29. The predicted octanol–water partition coefficient (Wildman–Crippen LogP) is 1.95. The van der Waals surface area contributed by atoms with E-state index in [1.165, 1.54) is 6.07 Å². The molecule has 3 saturated heterocycles. The van der Waals surface area contributed by atoms with Gasteiger partial charge in [0.25, 0.3) is 0 Å². The summed E-state index contributed by atoms with van der Waals surface area (Å²) < 4.78 is 14.0. The summed E-state index contributed by atoms with van der Waals surface area (Å²) >= 11 is 0. The maximum absolute atomic E-state index is 14.0. The van der Waals surface area contributed by atoms with Crippen LogP contribution in [0.2, 0.25) is 0 Å². The maximum atomic E-state index is 14.0. The van der Waals surface area contributed by atoms with Crippen molar-refractivity contribution in [3.05, 3.63) is 30.1 Å². The first-order valence-electron chi connectivity index (χ1n) is 10.9. The van der Waals surface area contributed by atoms with Gasteiger partial charge in [0.1, 0.15) is 5.82 Å². The molecule has 0 bridgehead atoms. The van der Waals surface area contributed by atoms with Crippen molar-refractivity contribution in [1.82, 2.24) is 14.7 Å². The molecule has 1 atom stereocenters. The molecule has 1 aromatic rings. The van der Waals surface area contributed by atoms with Crippen LogP contribution in [0, 0.1) is 5.82 Å². The standard InChI is InChI=1S/C22H31FN4O2/c23-18-7-1-2-8-19(18)24-13-15-25(16-14-24)21(28)17-27-12-4-3-9-20(27)22(29)26-10-5-6-11-26/h1-2,7-8,20H,3-6,9-17H2. The fourth-order valence-electron chi connectivity index (χ4n) is 4.79. The highest BCUT2D eigenvalue weighted by Crippen LogP contribution is 2.23. The number of anilines is 1. The molecule has 4 rings (SSSR count). The molecular weight excluding hydrogens is 371 g/mol. The predicted molar refractivity (Wildman–Crippen MR) is 110 cm³/mol.